The fourth-order valence-electron chi connectivity index (χ4n) is 5.12. The van der Waals surface area contributed by atoms with Crippen molar-refractivity contribution in [1.29, 1.82) is 0 Å². The van der Waals surface area contributed by atoms with Crippen molar-refractivity contribution in [2.75, 3.05) is 26.3 Å². The predicted octanol–water partition coefficient (Wildman–Crippen LogP) is 0.879. The van der Waals surface area contributed by atoms with E-state index < -0.39 is 35.6 Å². The van der Waals surface area contributed by atoms with Crippen molar-refractivity contribution in [3.8, 4) is 0 Å². The number of fused-ring (bicyclic) bond motifs is 1. The fourth-order valence-corrected chi connectivity index (χ4v) is 6.06. The number of halogens is 1. The number of ether oxygens (including phenoxy) is 2. The van der Waals surface area contributed by atoms with E-state index >= 15 is 0 Å². The van der Waals surface area contributed by atoms with E-state index in [1.807, 2.05) is 13.8 Å². The van der Waals surface area contributed by atoms with Gasteiger partial charge in [0.25, 0.3) is 0 Å². The van der Waals surface area contributed by atoms with Crippen LogP contribution in [0.1, 0.15) is 20.3 Å². The van der Waals surface area contributed by atoms with Crippen molar-refractivity contribution in [2.45, 2.75) is 48.9 Å². The minimum atomic E-state index is -1.14. The molecule has 3 rings (SSSR count). The summed E-state index contributed by atoms with van der Waals surface area (Å²) < 4.78 is 11.6. The van der Waals surface area contributed by atoms with Crippen LogP contribution < -0.4 is 0 Å². The molecule has 3 aliphatic heterocycles. The van der Waals surface area contributed by atoms with Crippen molar-refractivity contribution in [3.63, 3.8) is 0 Å². The van der Waals surface area contributed by atoms with E-state index in [4.69, 9.17) is 9.47 Å². The van der Waals surface area contributed by atoms with Crippen LogP contribution in [0.4, 0.5) is 0 Å². The summed E-state index contributed by atoms with van der Waals surface area (Å²) in [6.07, 6.45) is 2.95. The van der Waals surface area contributed by atoms with E-state index in [1.54, 1.807) is 11.0 Å². The first-order chi connectivity index (χ1) is 14.2. The molecule has 0 saturated carbocycles. The van der Waals surface area contributed by atoms with Gasteiger partial charge in [-0.15, -0.1) is 6.58 Å². The molecule has 0 radical (unpaired) electrons. The number of hydrogen-bond acceptors (Lipinski definition) is 6. The van der Waals surface area contributed by atoms with E-state index in [1.165, 1.54) is 11.0 Å². The summed E-state index contributed by atoms with van der Waals surface area (Å²) in [5.74, 6) is -2.80. The molecular weight excluding hydrogens is 456 g/mol. The molecule has 1 N–H and O–H groups in total. The molecular formula is C21H29BrN2O6. The Kier molecular flexibility index (Phi) is 6.74. The number of carbonyl (C=O) groups is 3. The first kappa shape index (κ1) is 23.0. The Morgan fingerprint density at radius 3 is 2.70 bits per heavy atom. The van der Waals surface area contributed by atoms with E-state index in [9.17, 15) is 19.5 Å². The minimum Gasteiger partial charge on any atom is -0.461 e. The number of amides is 2. The Balaban J connectivity index is 2.04. The molecule has 3 aliphatic rings. The van der Waals surface area contributed by atoms with Crippen molar-refractivity contribution in [2.24, 2.45) is 11.8 Å². The molecule has 2 amide bonds. The van der Waals surface area contributed by atoms with Gasteiger partial charge in [-0.05, 0) is 20.3 Å². The van der Waals surface area contributed by atoms with Crippen molar-refractivity contribution in [1.82, 2.24) is 9.80 Å². The molecule has 3 saturated heterocycles. The van der Waals surface area contributed by atoms with Crippen molar-refractivity contribution >= 4 is 33.7 Å². The van der Waals surface area contributed by atoms with Gasteiger partial charge in [0.05, 0.1) is 24.5 Å². The van der Waals surface area contributed by atoms with E-state index in [0.717, 1.165) is 0 Å². The molecule has 0 aliphatic carbocycles. The summed E-state index contributed by atoms with van der Waals surface area (Å²) in [7, 11) is 0. The number of carbonyl (C=O) groups excluding carboxylic acids is 3. The van der Waals surface area contributed by atoms with Crippen molar-refractivity contribution in [3.05, 3.63) is 25.3 Å². The molecule has 8 nitrogen and oxygen atoms in total. The number of alkyl halides is 1. The normalized spacial score (nSPS) is 34.2. The third-order valence-corrected chi connectivity index (χ3v) is 7.06. The van der Waals surface area contributed by atoms with Crippen LogP contribution in [0.5, 0.6) is 0 Å². The Bertz CT molecular complexity index is 743. The van der Waals surface area contributed by atoms with Gasteiger partial charge in [0.1, 0.15) is 18.2 Å². The van der Waals surface area contributed by atoms with Gasteiger partial charge < -0.3 is 24.4 Å². The lowest BCUT2D eigenvalue weighted by molar-refractivity contribution is -0.154. The van der Waals surface area contributed by atoms with Crippen LogP contribution in [0.15, 0.2) is 25.3 Å². The summed E-state index contributed by atoms with van der Waals surface area (Å²) in [6.45, 7) is 11.1. The van der Waals surface area contributed by atoms with Crippen LogP contribution in [0.25, 0.3) is 0 Å². The van der Waals surface area contributed by atoms with Crippen LogP contribution in [-0.2, 0) is 23.9 Å². The lowest BCUT2D eigenvalue weighted by Gasteiger charge is -2.38. The highest BCUT2D eigenvalue weighted by Gasteiger charge is 2.77. The maximum absolute atomic E-state index is 13.7. The molecule has 3 heterocycles. The van der Waals surface area contributed by atoms with Gasteiger partial charge in [0.2, 0.25) is 11.8 Å². The zero-order valence-corrected chi connectivity index (χ0v) is 18.9. The fraction of sp³-hybridized carbons (Fsp3) is 0.667. The van der Waals surface area contributed by atoms with E-state index in [-0.39, 0.29) is 42.4 Å². The molecule has 3 unspecified atom stereocenters. The topological polar surface area (TPSA) is 96.4 Å². The first-order valence-electron chi connectivity index (χ1n) is 10.2. The predicted molar refractivity (Wildman–Crippen MR) is 113 cm³/mol. The Hall–Kier alpha value is -1.71. The minimum absolute atomic E-state index is 0.0110. The maximum atomic E-state index is 13.7. The molecule has 3 fully saturated rings. The van der Waals surface area contributed by atoms with Crippen molar-refractivity contribution < 1.29 is 29.0 Å². The SMILES string of the molecule is C=CCOC(=O)[C@H]1[C@@H]2OC3(CC2Br)C(C(=O)N(CC=C)C(C)C)N(CCO)C(=O)[C@H]13. The molecule has 30 heavy (non-hydrogen) atoms. The zero-order chi connectivity index (χ0) is 22.2. The quantitative estimate of drug-likeness (QED) is 0.296. The highest BCUT2D eigenvalue weighted by molar-refractivity contribution is 9.09. The largest absolute Gasteiger partial charge is 0.461 e. The van der Waals surface area contributed by atoms with Gasteiger partial charge in [-0.25, -0.2) is 0 Å². The highest BCUT2D eigenvalue weighted by atomic mass is 79.9. The van der Waals surface area contributed by atoms with Gasteiger partial charge >= 0.3 is 5.97 Å². The van der Waals surface area contributed by atoms with Gasteiger partial charge in [0, 0.05) is 24.0 Å². The average Bonchev–Trinajstić information content (AvgIpc) is 3.28. The van der Waals surface area contributed by atoms with Crippen LogP contribution in [0.3, 0.4) is 0 Å². The van der Waals surface area contributed by atoms with Gasteiger partial charge in [-0.3, -0.25) is 14.4 Å². The van der Waals surface area contributed by atoms with Crippen LogP contribution in [0, 0.1) is 11.8 Å². The number of aliphatic hydroxyl groups excluding tert-OH is 1. The molecule has 0 aromatic carbocycles. The number of aliphatic hydroxyl groups is 1. The number of esters is 1. The lowest BCUT2D eigenvalue weighted by atomic mass is 9.70. The van der Waals surface area contributed by atoms with Crippen LogP contribution >= 0.6 is 15.9 Å². The number of likely N-dealkylation sites (tertiary alicyclic amines) is 1. The zero-order valence-electron chi connectivity index (χ0n) is 17.3. The second-order valence-electron chi connectivity index (χ2n) is 8.21. The van der Waals surface area contributed by atoms with E-state index in [0.29, 0.717) is 13.0 Å². The molecule has 2 bridgehead atoms. The van der Waals surface area contributed by atoms with Crippen LogP contribution in [0.2, 0.25) is 0 Å². The molecule has 0 aromatic rings. The number of rotatable bonds is 9. The second kappa shape index (κ2) is 8.80. The summed E-state index contributed by atoms with van der Waals surface area (Å²) in [5, 5.41) is 9.58. The maximum Gasteiger partial charge on any atom is 0.312 e. The standard InChI is InChI=1S/C21H29BrN2O6/c1-5-7-23(12(3)4)19(27)17-21-11-13(22)16(30-21)14(20(28)29-10-6-2)15(21)18(26)24(17)8-9-25/h5-6,12-17,25H,1-2,7-11H2,3-4H3/t13?,14-,15+,16-,17?,21?/m1/s1. The summed E-state index contributed by atoms with van der Waals surface area (Å²) in [5.41, 5.74) is -1.14. The molecule has 0 aromatic heterocycles. The average molecular weight is 485 g/mol. The molecule has 1 spiro atoms. The molecule has 166 valence electrons. The lowest BCUT2D eigenvalue weighted by Crippen LogP contribution is -2.58. The van der Waals surface area contributed by atoms with Gasteiger partial charge in [-0.2, -0.15) is 0 Å². The summed E-state index contributed by atoms with van der Waals surface area (Å²) in [4.78, 5) is 42.7. The Labute approximate surface area is 185 Å². The summed E-state index contributed by atoms with van der Waals surface area (Å²) in [6, 6.07) is -1.05. The number of β-amino-alcohol motifs (C(OH)–C–C–N with tert-alkyl or cyclic N) is 1. The van der Waals surface area contributed by atoms with Gasteiger partial charge in [0.15, 0.2) is 0 Å². The first-order valence-corrected chi connectivity index (χ1v) is 11.1. The third-order valence-electron chi connectivity index (χ3n) is 6.21. The third kappa shape index (κ3) is 3.40. The van der Waals surface area contributed by atoms with E-state index in [2.05, 4.69) is 29.1 Å². The molecule has 9 heteroatoms. The Morgan fingerprint density at radius 1 is 1.43 bits per heavy atom. The number of hydrogen-bond donors (Lipinski definition) is 1. The van der Waals surface area contributed by atoms with Crippen LogP contribution in [-0.4, -0.2) is 87.6 Å². The number of nitrogens with zero attached hydrogens (tertiary/aromatic N) is 2. The highest BCUT2D eigenvalue weighted by Crippen LogP contribution is 2.60. The smallest absolute Gasteiger partial charge is 0.312 e. The second-order valence-corrected chi connectivity index (χ2v) is 9.39. The summed E-state index contributed by atoms with van der Waals surface area (Å²) >= 11 is 3.58. The van der Waals surface area contributed by atoms with Gasteiger partial charge in [-0.1, -0.05) is 34.7 Å². The monoisotopic (exact) mass is 484 g/mol. The molecule has 6 atom stereocenters. The Morgan fingerprint density at radius 2 is 2.13 bits per heavy atom.